The Labute approximate surface area is 122 Å². The normalized spacial score (nSPS) is 30.9. The van der Waals surface area contributed by atoms with E-state index in [0.717, 1.165) is 38.8 Å². The Morgan fingerprint density at radius 1 is 1.35 bits per heavy atom. The number of carboxylic acid groups (broad SMARTS) is 1. The second-order valence-corrected chi connectivity index (χ2v) is 6.99. The molecule has 2 N–H and O–H groups in total. The van der Waals surface area contributed by atoms with E-state index in [1.54, 1.807) is 0 Å². The van der Waals surface area contributed by atoms with Gasteiger partial charge in [-0.2, -0.15) is 0 Å². The number of carboxylic acids is 1. The molecule has 4 nitrogen and oxygen atoms in total. The van der Waals surface area contributed by atoms with Gasteiger partial charge >= 0.3 is 5.97 Å². The molecule has 0 aromatic carbocycles. The first-order valence-corrected chi connectivity index (χ1v) is 8.22. The molecule has 0 heterocycles. The molecule has 2 aliphatic carbocycles. The van der Waals surface area contributed by atoms with Gasteiger partial charge in [0.2, 0.25) is 0 Å². The van der Waals surface area contributed by atoms with Crippen LogP contribution in [0.4, 0.5) is 0 Å². The highest BCUT2D eigenvalue weighted by atomic mass is 16.4. The second kappa shape index (κ2) is 6.44. The molecule has 0 aliphatic heterocycles. The summed E-state index contributed by atoms with van der Waals surface area (Å²) in [6.07, 6.45) is 6.30. The summed E-state index contributed by atoms with van der Waals surface area (Å²) in [7, 11) is 0. The fourth-order valence-electron chi connectivity index (χ4n) is 3.72. The minimum absolute atomic E-state index is 0.439. The van der Waals surface area contributed by atoms with Gasteiger partial charge < -0.3 is 10.4 Å². The maximum atomic E-state index is 11.8. The van der Waals surface area contributed by atoms with Crippen LogP contribution in [-0.4, -0.2) is 46.7 Å². The van der Waals surface area contributed by atoms with Crippen LogP contribution < -0.4 is 5.32 Å². The van der Waals surface area contributed by atoms with E-state index in [9.17, 15) is 9.90 Å². The van der Waals surface area contributed by atoms with Crippen molar-refractivity contribution in [3.05, 3.63) is 0 Å². The lowest BCUT2D eigenvalue weighted by Gasteiger charge is -2.43. The van der Waals surface area contributed by atoms with Crippen molar-refractivity contribution in [1.29, 1.82) is 0 Å². The average molecular weight is 282 g/mol. The molecule has 2 saturated carbocycles. The maximum Gasteiger partial charge on any atom is 0.323 e. The molecule has 0 amide bonds. The van der Waals surface area contributed by atoms with Gasteiger partial charge in [-0.1, -0.05) is 20.8 Å². The van der Waals surface area contributed by atoms with Gasteiger partial charge in [0.1, 0.15) is 5.54 Å². The molecule has 2 unspecified atom stereocenters. The number of hydrogen-bond acceptors (Lipinski definition) is 3. The smallest absolute Gasteiger partial charge is 0.323 e. The first-order chi connectivity index (χ1) is 9.48. The average Bonchev–Trinajstić information content (AvgIpc) is 3.20. The molecule has 0 aromatic rings. The van der Waals surface area contributed by atoms with Crippen molar-refractivity contribution < 1.29 is 9.90 Å². The molecule has 2 aliphatic rings. The predicted molar refractivity (Wildman–Crippen MR) is 80.9 cm³/mol. The summed E-state index contributed by atoms with van der Waals surface area (Å²) in [6, 6.07) is 1.16. The fraction of sp³-hybridized carbons (Fsp3) is 0.938. The van der Waals surface area contributed by atoms with Gasteiger partial charge in [-0.05, 0) is 51.0 Å². The Kier molecular flexibility index (Phi) is 5.08. The van der Waals surface area contributed by atoms with Crippen LogP contribution in [0.3, 0.4) is 0 Å². The lowest BCUT2D eigenvalue weighted by atomic mass is 9.78. The zero-order chi connectivity index (χ0) is 14.8. The topological polar surface area (TPSA) is 52.6 Å². The highest BCUT2D eigenvalue weighted by Crippen LogP contribution is 2.37. The Hall–Kier alpha value is -0.610. The van der Waals surface area contributed by atoms with Crippen LogP contribution >= 0.6 is 0 Å². The van der Waals surface area contributed by atoms with E-state index < -0.39 is 11.5 Å². The molecular weight excluding hydrogens is 252 g/mol. The van der Waals surface area contributed by atoms with E-state index in [4.69, 9.17) is 0 Å². The van der Waals surface area contributed by atoms with Crippen LogP contribution in [0.5, 0.6) is 0 Å². The Bertz CT molecular complexity index is 337. The van der Waals surface area contributed by atoms with Gasteiger partial charge in [0.25, 0.3) is 0 Å². The first kappa shape index (κ1) is 15.8. The minimum atomic E-state index is -0.693. The van der Waals surface area contributed by atoms with Crippen LogP contribution in [0.15, 0.2) is 0 Å². The third kappa shape index (κ3) is 3.53. The maximum absolute atomic E-state index is 11.8. The van der Waals surface area contributed by atoms with E-state index >= 15 is 0 Å². The summed E-state index contributed by atoms with van der Waals surface area (Å²) in [5, 5.41) is 12.9. The molecule has 0 bridgehead atoms. The molecule has 2 atom stereocenters. The third-order valence-corrected chi connectivity index (χ3v) is 4.71. The van der Waals surface area contributed by atoms with Crippen LogP contribution in [0, 0.1) is 5.92 Å². The number of likely N-dealkylation sites (N-methyl/N-ethyl adjacent to an activating group) is 1. The van der Waals surface area contributed by atoms with E-state index in [2.05, 4.69) is 24.1 Å². The fourth-order valence-corrected chi connectivity index (χ4v) is 3.72. The summed E-state index contributed by atoms with van der Waals surface area (Å²) < 4.78 is 0. The van der Waals surface area contributed by atoms with E-state index in [0.29, 0.717) is 18.0 Å². The zero-order valence-corrected chi connectivity index (χ0v) is 13.2. The van der Waals surface area contributed by atoms with E-state index in [-0.39, 0.29) is 0 Å². The van der Waals surface area contributed by atoms with Gasteiger partial charge in [0, 0.05) is 18.6 Å². The standard InChI is InChI=1S/C16H30N2O2/c1-4-17-16(15(19)20)9-5-6-14(10-16)18(11-12(2)3)13-7-8-13/h12-14,17H,4-11H2,1-3H3,(H,19,20). The lowest BCUT2D eigenvalue weighted by molar-refractivity contribution is -0.147. The minimum Gasteiger partial charge on any atom is -0.480 e. The molecule has 4 heteroatoms. The predicted octanol–water partition coefficient (Wildman–Crippen LogP) is 2.48. The van der Waals surface area contributed by atoms with Crippen LogP contribution in [0.1, 0.15) is 59.3 Å². The third-order valence-electron chi connectivity index (χ3n) is 4.71. The van der Waals surface area contributed by atoms with Crippen molar-refractivity contribution in [1.82, 2.24) is 10.2 Å². The number of carbonyl (C=O) groups is 1. The Morgan fingerprint density at radius 3 is 2.55 bits per heavy atom. The molecule has 20 heavy (non-hydrogen) atoms. The summed E-state index contributed by atoms with van der Waals surface area (Å²) in [6.45, 7) is 8.35. The highest BCUT2D eigenvalue weighted by molar-refractivity contribution is 5.79. The first-order valence-electron chi connectivity index (χ1n) is 8.22. The molecule has 0 spiro atoms. The molecular formula is C16H30N2O2. The second-order valence-electron chi connectivity index (χ2n) is 6.99. The Morgan fingerprint density at radius 2 is 2.05 bits per heavy atom. The lowest BCUT2D eigenvalue weighted by Crippen LogP contribution is -2.58. The molecule has 0 saturated heterocycles. The van der Waals surface area contributed by atoms with Gasteiger partial charge in [-0.25, -0.2) is 0 Å². The summed E-state index contributed by atoms with van der Waals surface area (Å²) in [5.74, 6) is -0.0137. The van der Waals surface area contributed by atoms with Crippen LogP contribution in [-0.2, 0) is 4.79 Å². The number of nitrogens with one attached hydrogen (secondary N) is 1. The molecule has 0 radical (unpaired) electrons. The monoisotopic (exact) mass is 282 g/mol. The summed E-state index contributed by atoms with van der Waals surface area (Å²) in [4.78, 5) is 14.4. The SMILES string of the molecule is CCNC1(C(=O)O)CCCC(N(CC(C)C)C2CC2)C1. The van der Waals surface area contributed by atoms with Crippen molar-refractivity contribution in [2.24, 2.45) is 5.92 Å². The van der Waals surface area contributed by atoms with Crippen LogP contribution in [0.25, 0.3) is 0 Å². The quantitative estimate of drug-likeness (QED) is 0.753. The van der Waals surface area contributed by atoms with Gasteiger partial charge in [0.15, 0.2) is 0 Å². The van der Waals surface area contributed by atoms with E-state index in [1.165, 1.54) is 12.8 Å². The van der Waals surface area contributed by atoms with Crippen molar-refractivity contribution in [2.75, 3.05) is 13.1 Å². The van der Waals surface area contributed by atoms with Crippen molar-refractivity contribution >= 4 is 5.97 Å². The van der Waals surface area contributed by atoms with Crippen molar-refractivity contribution in [3.8, 4) is 0 Å². The zero-order valence-electron chi connectivity index (χ0n) is 13.2. The van der Waals surface area contributed by atoms with Gasteiger partial charge in [-0.15, -0.1) is 0 Å². The van der Waals surface area contributed by atoms with E-state index in [1.807, 2.05) is 6.92 Å². The summed E-state index contributed by atoms with van der Waals surface area (Å²) in [5.41, 5.74) is -0.693. The van der Waals surface area contributed by atoms with Crippen molar-refractivity contribution in [2.45, 2.75) is 76.9 Å². The Balaban J connectivity index is 2.08. The number of aliphatic carboxylic acids is 1. The number of hydrogen-bond donors (Lipinski definition) is 2. The number of nitrogens with zero attached hydrogens (tertiary/aromatic N) is 1. The largest absolute Gasteiger partial charge is 0.480 e. The van der Waals surface area contributed by atoms with Gasteiger partial charge in [0.05, 0.1) is 0 Å². The summed E-state index contributed by atoms with van der Waals surface area (Å²) >= 11 is 0. The molecule has 0 aromatic heterocycles. The van der Waals surface area contributed by atoms with Crippen molar-refractivity contribution in [3.63, 3.8) is 0 Å². The molecule has 116 valence electrons. The van der Waals surface area contributed by atoms with Crippen LogP contribution in [0.2, 0.25) is 0 Å². The highest BCUT2D eigenvalue weighted by Gasteiger charge is 2.45. The number of rotatable bonds is 7. The molecule has 2 fully saturated rings. The molecule has 2 rings (SSSR count). The van der Waals surface area contributed by atoms with Gasteiger partial charge in [-0.3, -0.25) is 9.69 Å².